The number of hydrogen-bond donors (Lipinski definition) is 1. The van der Waals surface area contributed by atoms with Gasteiger partial charge in [0, 0.05) is 13.0 Å². The standard InChI is InChI=1S/C3H5N2OP/c4-2-1-3-5-7-6/h1,3H2,(H,5,6). The highest BCUT2D eigenvalue weighted by atomic mass is 31.1. The summed E-state index contributed by atoms with van der Waals surface area (Å²) in [5.74, 6) is 0. The Kier molecular flexibility index (Phi) is 5.19. The second-order valence-corrected chi connectivity index (χ2v) is 1.41. The van der Waals surface area contributed by atoms with Gasteiger partial charge in [-0.25, -0.2) is 5.09 Å². The SMILES string of the molecule is N#CCCNP=O. The highest BCUT2D eigenvalue weighted by molar-refractivity contribution is 7.21. The van der Waals surface area contributed by atoms with Gasteiger partial charge in [-0.1, -0.05) is 0 Å². The van der Waals surface area contributed by atoms with E-state index in [9.17, 15) is 4.57 Å². The molecular weight excluding hydrogens is 111 g/mol. The molecule has 38 valence electrons. The number of nitrogens with zero attached hydrogens (tertiary/aromatic N) is 1. The predicted octanol–water partition coefficient (Wildman–Crippen LogP) is 0.696. The van der Waals surface area contributed by atoms with Crippen LogP contribution >= 0.6 is 8.61 Å². The van der Waals surface area contributed by atoms with Crippen LogP contribution in [-0.2, 0) is 4.57 Å². The van der Waals surface area contributed by atoms with Crippen LogP contribution in [0.3, 0.4) is 0 Å². The molecular formula is C3H5N2OP. The Hall–Kier alpha value is -0.450. The maximum atomic E-state index is 9.56. The van der Waals surface area contributed by atoms with Gasteiger partial charge in [-0.3, -0.25) is 4.57 Å². The second kappa shape index (κ2) is 5.55. The molecule has 0 aliphatic rings. The molecule has 0 bridgehead atoms. The van der Waals surface area contributed by atoms with Crippen LogP contribution < -0.4 is 5.09 Å². The van der Waals surface area contributed by atoms with Crippen LogP contribution in [-0.4, -0.2) is 6.54 Å². The first-order valence-corrected chi connectivity index (χ1v) is 2.65. The third kappa shape index (κ3) is 5.55. The van der Waals surface area contributed by atoms with Crippen molar-refractivity contribution in [3.8, 4) is 6.07 Å². The van der Waals surface area contributed by atoms with Crippen LogP contribution in [0.25, 0.3) is 0 Å². The van der Waals surface area contributed by atoms with Gasteiger partial charge < -0.3 is 0 Å². The van der Waals surface area contributed by atoms with Crippen molar-refractivity contribution < 1.29 is 4.57 Å². The first kappa shape index (κ1) is 6.55. The van der Waals surface area contributed by atoms with E-state index < -0.39 is 0 Å². The molecule has 7 heavy (non-hydrogen) atoms. The number of nitriles is 1. The summed E-state index contributed by atoms with van der Waals surface area (Å²) in [6, 6.07) is 1.90. The van der Waals surface area contributed by atoms with Gasteiger partial charge in [0.25, 0.3) is 0 Å². The third-order valence-electron chi connectivity index (χ3n) is 0.413. The zero-order valence-electron chi connectivity index (χ0n) is 3.72. The first-order chi connectivity index (χ1) is 3.41. The monoisotopic (exact) mass is 116 g/mol. The summed E-state index contributed by atoms with van der Waals surface area (Å²) in [5, 5.41) is 10.3. The topological polar surface area (TPSA) is 52.9 Å². The minimum absolute atomic E-state index is 0.0965. The lowest BCUT2D eigenvalue weighted by Crippen LogP contribution is -1.98. The molecule has 0 unspecified atom stereocenters. The normalized spacial score (nSPS) is 8.43. The predicted molar refractivity (Wildman–Crippen MR) is 25.8 cm³/mol. The average Bonchev–Trinajstić information content (AvgIpc) is 1.69. The lowest BCUT2D eigenvalue weighted by Gasteiger charge is -1.80. The van der Waals surface area contributed by atoms with E-state index in [0.29, 0.717) is 13.0 Å². The molecule has 0 aliphatic heterocycles. The molecule has 0 amide bonds. The van der Waals surface area contributed by atoms with Crippen LogP contribution in [0.2, 0.25) is 0 Å². The first-order valence-electron chi connectivity index (χ1n) is 1.84. The van der Waals surface area contributed by atoms with E-state index in [1.165, 1.54) is 0 Å². The Labute approximate surface area is 43.6 Å². The van der Waals surface area contributed by atoms with Crippen molar-refractivity contribution in [3.63, 3.8) is 0 Å². The van der Waals surface area contributed by atoms with E-state index in [0.717, 1.165) is 0 Å². The fourth-order valence-electron chi connectivity index (χ4n) is 0.157. The molecule has 0 spiro atoms. The molecule has 0 aliphatic carbocycles. The van der Waals surface area contributed by atoms with Crippen molar-refractivity contribution in [1.29, 1.82) is 5.26 Å². The van der Waals surface area contributed by atoms with Crippen molar-refractivity contribution in [3.05, 3.63) is 0 Å². The molecule has 0 radical (unpaired) electrons. The highest BCUT2D eigenvalue weighted by Gasteiger charge is 1.77. The fourth-order valence-corrected chi connectivity index (χ4v) is 0.361. The molecule has 0 aromatic heterocycles. The Morgan fingerprint density at radius 1 is 1.86 bits per heavy atom. The summed E-state index contributed by atoms with van der Waals surface area (Å²) in [5.41, 5.74) is 0. The van der Waals surface area contributed by atoms with Crippen LogP contribution in [0.4, 0.5) is 0 Å². The molecule has 0 fully saturated rings. The van der Waals surface area contributed by atoms with Crippen LogP contribution in [0, 0.1) is 11.3 Å². The van der Waals surface area contributed by atoms with Crippen LogP contribution in [0.1, 0.15) is 6.42 Å². The van der Waals surface area contributed by atoms with Crippen molar-refractivity contribution in [1.82, 2.24) is 5.09 Å². The van der Waals surface area contributed by atoms with Crippen LogP contribution in [0.15, 0.2) is 0 Å². The van der Waals surface area contributed by atoms with Gasteiger partial charge in [0.05, 0.1) is 6.07 Å². The summed E-state index contributed by atoms with van der Waals surface area (Å²) in [4.78, 5) is 0. The Balaban J connectivity index is 2.72. The Morgan fingerprint density at radius 2 is 2.57 bits per heavy atom. The highest BCUT2D eigenvalue weighted by Crippen LogP contribution is 1.79. The van der Waals surface area contributed by atoms with E-state index >= 15 is 0 Å². The smallest absolute Gasteiger partial charge is 0.245 e. The van der Waals surface area contributed by atoms with Crippen molar-refractivity contribution in [2.24, 2.45) is 0 Å². The molecule has 3 nitrogen and oxygen atoms in total. The largest absolute Gasteiger partial charge is 0.256 e. The summed E-state index contributed by atoms with van der Waals surface area (Å²) in [6.07, 6.45) is 0.412. The van der Waals surface area contributed by atoms with E-state index in [1.807, 2.05) is 6.07 Å². The van der Waals surface area contributed by atoms with Gasteiger partial charge in [-0.05, 0) is 0 Å². The molecule has 0 saturated carbocycles. The quantitative estimate of drug-likeness (QED) is 0.436. The molecule has 1 N–H and O–H groups in total. The maximum Gasteiger partial charge on any atom is 0.245 e. The van der Waals surface area contributed by atoms with Crippen molar-refractivity contribution in [2.45, 2.75) is 6.42 Å². The number of hydrogen-bond acceptors (Lipinski definition) is 2. The maximum absolute atomic E-state index is 9.56. The second-order valence-electron chi connectivity index (χ2n) is 0.908. The van der Waals surface area contributed by atoms with E-state index in [-0.39, 0.29) is 8.61 Å². The minimum Gasteiger partial charge on any atom is -0.256 e. The zero-order chi connectivity index (χ0) is 5.54. The van der Waals surface area contributed by atoms with Gasteiger partial charge in [-0.2, -0.15) is 5.26 Å². The number of rotatable bonds is 3. The molecule has 0 aromatic rings. The molecule has 0 saturated heterocycles. The lowest BCUT2D eigenvalue weighted by atomic mass is 10.5. The van der Waals surface area contributed by atoms with E-state index in [4.69, 9.17) is 5.26 Å². The lowest BCUT2D eigenvalue weighted by molar-refractivity contribution is 0.591. The van der Waals surface area contributed by atoms with Gasteiger partial charge in [-0.15, -0.1) is 0 Å². The van der Waals surface area contributed by atoms with Gasteiger partial charge in [0.15, 0.2) is 0 Å². The summed E-state index contributed by atoms with van der Waals surface area (Å²) in [7, 11) is -0.0965. The van der Waals surface area contributed by atoms with Crippen molar-refractivity contribution >= 4 is 8.61 Å². The summed E-state index contributed by atoms with van der Waals surface area (Å²) < 4.78 is 9.56. The molecule has 0 atom stereocenters. The summed E-state index contributed by atoms with van der Waals surface area (Å²) in [6.45, 7) is 0.502. The third-order valence-corrected chi connectivity index (χ3v) is 0.766. The zero-order valence-corrected chi connectivity index (χ0v) is 4.61. The number of nitrogens with one attached hydrogen (secondary N) is 1. The van der Waals surface area contributed by atoms with Crippen LogP contribution in [0.5, 0.6) is 0 Å². The van der Waals surface area contributed by atoms with E-state index in [2.05, 4.69) is 5.09 Å². The van der Waals surface area contributed by atoms with Gasteiger partial charge in [0.1, 0.15) is 0 Å². The molecule has 0 aromatic carbocycles. The molecule has 4 heteroatoms. The van der Waals surface area contributed by atoms with Gasteiger partial charge in [0.2, 0.25) is 8.61 Å². The Morgan fingerprint density at radius 3 is 3.00 bits per heavy atom. The molecule has 0 heterocycles. The van der Waals surface area contributed by atoms with Gasteiger partial charge >= 0.3 is 0 Å². The molecule has 0 rings (SSSR count). The average molecular weight is 116 g/mol. The fraction of sp³-hybridized carbons (Fsp3) is 0.667. The minimum atomic E-state index is -0.0965. The van der Waals surface area contributed by atoms with E-state index in [1.54, 1.807) is 0 Å². The van der Waals surface area contributed by atoms with Crippen molar-refractivity contribution in [2.75, 3.05) is 6.54 Å². The summed E-state index contributed by atoms with van der Waals surface area (Å²) >= 11 is 0. The Bertz CT molecular complexity index is 87.4.